The molecule has 0 radical (unpaired) electrons. The Kier molecular flexibility index (Phi) is 5.88. The number of sulfone groups is 1. The van der Waals surface area contributed by atoms with Gasteiger partial charge in [0.2, 0.25) is 5.95 Å². The summed E-state index contributed by atoms with van der Waals surface area (Å²) in [5.74, 6) is 0.715. The summed E-state index contributed by atoms with van der Waals surface area (Å²) in [4.78, 5) is 13.6. The molecule has 0 unspecified atom stereocenters. The normalized spacial score (nSPS) is 23.0. The third-order valence-electron chi connectivity index (χ3n) is 4.92. The molecular weight excluding hydrogens is 342 g/mol. The molecule has 0 aromatic carbocycles. The zero-order valence-corrected chi connectivity index (χ0v) is 15.5. The maximum Gasteiger partial charge on any atom is 0.225 e. The molecule has 2 aliphatic heterocycles. The van der Waals surface area contributed by atoms with Gasteiger partial charge in [-0.2, -0.15) is 0 Å². The van der Waals surface area contributed by atoms with Crippen molar-refractivity contribution in [3.63, 3.8) is 0 Å². The molecule has 0 spiro atoms. The molecule has 1 aromatic heterocycles. The van der Waals surface area contributed by atoms with Gasteiger partial charge in [-0.3, -0.25) is 4.90 Å². The van der Waals surface area contributed by atoms with E-state index in [1.54, 1.807) is 0 Å². The number of β-amino-alcohol motifs (C(OH)–C–C–N with tert-alkyl or cyclic N) is 1. The molecule has 3 heterocycles. The second-order valence-electron chi connectivity index (χ2n) is 6.79. The van der Waals surface area contributed by atoms with Gasteiger partial charge < -0.3 is 15.3 Å². The summed E-state index contributed by atoms with van der Waals surface area (Å²) < 4.78 is 24.3. The van der Waals surface area contributed by atoms with Crippen molar-refractivity contribution in [2.24, 2.45) is 0 Å². The van der Waals surface area contributed by atoms with Gasteiger partial charge in [0.25, 0.3) is 0 Å². The Morgan fingerprint density at radius 1 is 1.32 bits per heavy atom. The number of hydrogen-bond donors (Lipinski definition) is 2. The van der Waals surface area contributed by atoms with Crippen LogP contribution in [0, 0.1) is 0 Å². The van der Waals surface area contributed by atoms with Gasteiger partial charge in [-0.05, 0) is 19.4 Å². The molecule has 8 nitrogen and oxygen atoms in total. The first-order valence-corrected chi connectivity index (χ1v) is 10.7. The molecular formula is C16H27N5O3S. The first-order chi connectivity index (χ1) is 12.0. The molecule has 2 aliphatic rings. The number of nitrogens with one attached hydrogen (secondary N) is 1. The number of piperazine rings is 1. The van der Waals surface area contributed by atoms with Crippen LogP contribution in [0.5, 0.6) is 0 Å². The SMILES string of the molecule is CS(=O)(=O)c1cnc(N2CCN(CCO)CC2)nc1[C@H]1CCCNC1. The van der Waals surface area contributed by atoms with Crippen LogP contribution in [-0.2, 0) is 9.84 Å². The summed E-state index contributed by atoms with van der Waals surface area (Å²) in [7, 11) is -3.35. The number of hydrogen-bond acceptors (Lipinski definition) is 8. The Morgan fingerprint density at radius 2 is 2.08 bits per heavy atom. The summed E-state index contributed by atoms with van der Waals surface area (Å²) in [6.45, 7) is 5.81. The quantitative estimate of drug-likeness (QED) is 0.714. The third-order valence-corrected chi connectivity index (χ3v) is 6.04. The highest BCUT2D eigenvalue weighted by Crippen LogP contribution is 2.28. The van der Waals surface area contributed by atoms with Crippen LogP contribution in [0.25, 0.3) is 0 Å². The zero-order valence-electron chi connectivity index (χ0n) is 14.7. The van der Waals surface area contributed by atoms with Gasteiger partial charge in [0.15, 0.2) is 9.84 Å². The van der Waals surface area contributed by atoms with E-state index >= 15 is 0 Å². The third kappa shape index (κ3) is 4.46. The van der Waals surface area contributed by atoms with Crippen LogP contribution >= 0.6 is 0 Å². The first-order valence-electron chi connectivity index (χ1n) is 8.85. The number of anilines is 1. The Morgan fingerprint density at radius 3 is 2.68 bits per heavy atom. The smallest absolute Gasteiger partial charge is 0.225 e. The van der Waals surface area contributed by atoms with Crippen molar-refractivity contribution in [1.82, 2.24) is 20.2 Å². The van der Waals surface area contributed by atoms with E-state index in [4.69, 9.17) is 5.11 Å². The van der Waals surface area contributed by atoms with Crippen molar-refractivity contribution in [3.8, 4) is 0 Å². The number of rotatable bonds is 5. The van der Waals surface area contributed by atoms with Crippen molar-refractivity contribution in [2.75, 3.05) is 63.6 Å². The van der Waals surface area contributed by atoms with Crippen LogP contribution < -0.4 is 10.2 Å². The Hall–Kier alpha value is -1.29. The Bertz CT molecular complexity index is 683. The van der Waals surface area contributed by atoms with Gasteiger partial charge in [0.05, 0.1) is 18.5 Å². The average Bonchev–Trinajstić information content (AvgIpc) is 2.62. The molecule has 2 fully saturated rings. The van der Waals surface area contributed by atoms with Gasteiger partial charge in [-0.1, -0.05) is 0 Å². The van der Waals surface area contributed by atoms with E-state index in [1.165, 1.54) is 12.5 Å². The molecule has 1 atom stereocenters. The molecule has 2 saturated heterocycles. The van der Waals surface area contributed by atoms with Crippen LogP contribution in [0.15, 0.2) is 11.1 Å². The van der Waals surface area contributed by atoms with Crippen LogP contribution in [0.2, 0.25) is 0 Å². The van der Waals surface area contributed by atoms with E-state index in [9.17, 15) is 8.42 Å². The van der Waals surface area contributed by atoms with Gasteiger partial charge in [-0.25, -0.2) is 18.4 Å². The topological polar surface area (TPSA) is 98.7 Å². The van der Waals surface area contributed by atoms with E-state index in [1.807, 2.05) is 0 Å². The van der Waals surface area contributed by atoms with Gasteiger partial charge in [0.1, 0.15) is 4.90 Å². The standard InChI is InChI=1S/C16H27N5O3S/c1-25(23,24)14-12-18-16(19-15(14)13-3-2-4-17-11-13)21-7-5-20(6-8-21)9-10-22/h12-13,17,22H,2-11H2,1H3/t13-/m0/s1. The summed E-state index contributed by atoms with van der Waals surface area (Å²) in [5.41, 5.74) is 0.650. The fraction of sp³-hybridized carbons (Fsp3) is 0.750. The fourth-order valence-electron chi connectivity index (χ4n) is 3.50. The lowest BCUT2D eigenvalue weighted by molar-refractivity contribution is 0.188. The number of piperidine rings is 1. The van der Waals surface area contributed by atoms with Crippen molar-refractivity contribution >= 4 is 15.8 Å². The molecule has 9 heteroatoms. The molecule has 1 aromatic rings. The lowest BCUT2D eigenvalue weighted by atomic mass is 9.96. The van der Waals surface area contributed by atoms with Crippen molar-refractivity contribution in [2.45, 2.75) is 23.7 Å². The molecule has 0 saturated carbocycles. The highest BCUT2D eigenvalue weighted by molar-refractivity contribution is 7.90. The van der Waals surface area contributed by atoms with Crippen molar-refractivity contribution in [3.05, 3.63) is 11.9 Å². The Balaban J connectivity index is 1.84. The van der Waals surface area contributed by atoms with E-state index in [-0.39, 0.29) is 17.4 Å². The predicted octanol–water partition coefficient (Wildman–Crippen LogP) is -0.539. The summed E-state index contributed by atoms with van der Waals surface area (Å²) in [6, 6.07) is 0. The van der Waals surface area contributed by atoms with Gasteiger partial charge >= 0.3 is 0 Å². The van der Waals surface area contributed by atoms with E-state index < -0.39 is 9.84 Å². The van der Waals surface area contributed by atoms with E-state index in [0.717, 1.165) is 52.1 Å². The summed E-state index contributed by atoms with van der Waals surface area (Å²) in [5, 5.41) is 12.4. The number of nitrogens with zero attached hydrogens (tertiary/aromatic N) is 4. The maximum atomic E-state index is 12.2. The monoisotopic (exact) mass is 369 g/mol. The molecule has 140 valence electrons. The van der Waals surface area contributed by atoms with Gasteiger partial charge in [0, 0.05) is 51.4 Å². The molecule has 0 amide bonds. The summed E-state index contributed by atoms with van der Waals surface area (Å²) >= 11 is 0. The highest BCUT2D eigenvalue weighted by atomic mass is 32.2. The maximum absolute atomic E-state index is 12.2. The lowest BCUT2D eigenvalue weighted by Gasteiger charge is -2.34. The van der Waals surface area contributed by atoms with Crippen LogP contribution in [-0.4, -0.2) is 87.1 Å². The molecule has 0 bridgehead atoms. The lowest BCUT2D eigenvalue weighted by Crippen LogP contribution is -2.47. The predicted molar refractivity (Wildman–Crippen MR) is 95.7 cm³/mol. The first kappa shape index (κ1) is 18.5. The highest BCUT2D eigenvalue weighted by Gasteiger charge is 2.27. The van der Waals surface area contributed by atoms with Crippen LogP contribution in [0.1, 0.15) is 24.5 Å². The van der Waals surface area contributed by atoms with Crippen LogP contribution in [0.3, 0.4) is 0 Å². The minimum Gasteiger partial charge on any atom is -0.395 e. The second-order valence-corrected chi connectivity index (χ2v) is 8.77. The number of aliphatic hydroxyl groups excluding tert-OH is 1. The fourth-order valence-corrected chi connectivity index (χ4v) is 4.34. The molecule has 2 N–H and O–H groups in total. The largest absolute Gasteiger partial charge is 0.395 e. The van der Waals surface area contributed by atoms with Crippen LogP contribution in [0.4, 0.5) is 5.95 Å². The zero-order chi connectivity index (χ0) is 17.9. The Labute approximate surface area is 149 Å². The number of aromatic nitrogens is 2. The number of aliphatic hydroxyl groups is 1. The van der Waals surface area contributed by atoms with Crippen molar-refractivity contribution < 1.29 is 13.5 Å². The molecule has 3 rings (SSSR count). The van der Waals surface area contributed by atoms with Gasteiger partial charge in [-0.15, -0.1) is 0 Å². The minimum atomic E-state index is -3.35. The average molecular weight is 369 g/mol. The van der Waals surface area contributed by atoms with E-state index in [0.29, 0.717) is 18.2 Å². The van der Waals surface area contributed by atoms with Crippen molar-refractivity contribution in [1.29, 1.82) is 0 Å². The van der Waals surface area contributed by atoms with E-state index in [2.05, 4.69) is 25.1 Å². The summed E-state index contributed by atoms with van der Waals surface area (Å²) in [6.07, 6.45) is 4.66. The minimum absolute atomic E-state index is 0.107. The second kappa shape index (κ2) is 7.94. The molecule has 25 heavy (non-hydrogen) atoms. The molecule has 0 aliphatic carbocycles.